The predicted octanol–water partition coefficient (Wildman–Crippen LogP) is 2.30. The minimum Gasteiger partial charge on any atom is -0.395 e. The van der Waals surface area contributed by atoms with Crippen LogP contribution in [-0.4, -0.2) is 29.7 Å². The van der Waals surface area contributed by atoms with Gasteiger partial charge in [0.2, 0.25) is 0 Å². The van der Waals surface area contributed by atoms with Crippen LogP contribution in [0.25, 0.3) is 0 Å². The number of halogens is 1. The SMILES string of the molecule is CC(C)c1cc(F)c2c(c1)CN(CCO)CC2. The van der Waals surface area contributed by atoms with Crippen molar-refractivity contribution in [2.45, 2.75) is 32.7 Å². The Balaban J connectivity index is 2.29. The fourth-order valence-corrected chi connectivity index (χ4v) is 2.39. The van der Waals surface area contributed by atoms with E-state index >= 15 is 0 Å². The molecule has 0 radical (unpaired) electrons. The van der Waals surface area contributed by atoms with E-state index in [-0.39, 0.29) is 12.4 Å². The summed E-state index contributed by atoms with van der Waals surface area (Å²) in [4.78, 5) is 2.17. The van der Waals surface area contributed by atoms with Gasteiger partial charge in [0.25, 0.3) is 0 Å². The number of hydrogen-bond donors (Lipinski definition) is 1. The fourth-order valence-electron chi connectivity index (χ4n) is 2.39. The molecular formula is C14H20FNO. The molecule has 2 rings (SSSR count). The molecule has 17 heavy (non-hydrogen) atoms. The van der Waals surface area contributed by atoms with Gasteiger partial charge in [-0.05, 0) is 35.1 Å². The molecule has 3 heteroatoms. The maximum Gasteiger partial charge on any atom is 0.127 e. The summed E-state index contributed by atoms with van der Waals surface area (Å²) < 4.78 is 13.9. The van der Waals surface area contributed by atoms with Gasteiger partial charge in [-0.2, -0.15) is 0 Å². The molecule has 0 spiro atoms. The highest BCUT2D eigenvalue weighted by Crippen LogP contribution is 2.26. The van der Waals surface area contributed by atoms with Gasteiger partial charge in [-0.1, -0.05) is 19.9 Å². The van der Waals surface area contributed by atoms with Gasteiger partial charge in [-0.15, -0.1) is 0 Å². The van der Waals surface area contributed by atoms with Crippen molar-refractivity contribution in [1.82, 2.24) is 4.90 Å². The quantitative estimate of drug-likeness (QED) is 0.872. The highest BCUT2D eigenvalue weighted by atomic mass is 19.1. The first kappa shape index (κ1) is 12.5. The number of hydrogen-bond acceptors (Lipinski definition) is 2. The summed E-state index contributed by atoms with van der Waals surface area (Å²) in [7, 11) is 0. The number of nitrogens with zero attached hydrogens (tertiary/aromatic N) is 1. The molecule has 1 aliphatic heterocycles. The van der Waals surface area contributed by atoms with Crippen LogP contribution in [-0.2, 0) is 13.0 Å². The molecular weight excluding hydrogens is 217 g/mol. The lowest BCUT2D eigenvalue weighted by Crippen LogP contribution is -2.33. The van der Waals surface area contributed by atoms with Gasteiger partial charge in [-0.25, -0.2) is 4.39 Å². The first-order valence-corrected chi connectivity index (χ1v) is 6.26. The molecule has 0 saturated carbocycles. The van der Waals surface area contributed by atoms with Crippen LogP contribution in [0.5, 0.6) is 0 Å². The smallest absolute Gasteiger partial charge is 0.127 e. The largest absolute Gasteiger partial charge is 0.395 e. The van der Waals surface area contributed by atoms with E-state index < -0.39 is 0 Å². The van der Waals surface area contributed by atoms with Crippen LogP contribution < -0.4 is 0 Å². The van der Waals surface area contributed by atoms with Gasteiger partial charge in [0.1, 0.15) is 5.82 Å². The van der Waals surface area contributed by atoms with E-state index in [2.05, 4.69) is 24.8 Å². The molecule has 1 aliphatic rings. The van der Waals surface area contributed by atoms with E-state index in [4.69, 9.17) is 5.11 Å². The molecule has 0 aliphatic carbocycles. The van der Waals surface area contributed by atoms with E-state index in [1.807, 2.05) is 0 Å². The molecule has 94 valence electrons. The summed E-state index contributed by atoms with van der Waals surface area (Å²) in [6.07, 6.45) is 0.750. The maximum atomic E-state index is 13.9. The lowest BCUT2D eigenvalue weighted by molar-refractivity contribution is 0.183. The molecule has 1 aromatic carbocycles. The highest BCUT2D eigenvalue weighted by molar-refractivity contribution is 5.36. The van der Waals surface area contributed by atoms with E-state index in [0.717, 1.165) is 36.2 Å². The second-order valence-electron chi connectivity index (χ2n) is 5.04. The van der Waals surface area contributed by atoms with E-state index in [1.165, 1.54) is 0 Å². The third kappa shape index (κ3) is 2.67. The van der Waals surface area contributed by atoms with Crippen LogP contribution in [0.1, 0.15) is 36.5 Å². The zero-order valence-electron chi connectivity index (χ0n) is 10.5. The molecule has 1 aromatic rings. The number of aliphatic hydroxyl groups is 1. The Morgan fingerprint density at radius 3 is 2.82 bits per heavy atom. The van der Waals surface area contributed by atoms with Crippen molar-refractivity contribution in [3.63, 3.8) is 0 Å². The van der Waals surface area contributed by atoms with E-state index in [0.29, 0.717) is 12.5 Å². The summed E-state index contributed by atoms with van der Waals surface area (Å²) in [5.74, 6) is 0.290. The van der Waals surface area contributed by atoms with Crippen molar-refractivity contribution < 1.29 is 9.50 Å². The topological polar surface area (TPSA) is 23.5 Å². The van der Waals surface area contributed by atoms with Crippen LogP contribution in [0, 0.1) is 5.82 Å². The molecule has 1 N–H and O–H groups in total. The molecule has 0 aromatic heterocycles. The summed E-state index contributed by atoms with van der Waals surface area (Å²) in [5.41, 5.74) is 3.02. The monoisotopic (exact) mass is 237 g/mol. The molecule has 0 saturated heterocycles. The average Bonchev–Trinajstić information content (AvgIpc) is 2.28. The van der Waals surface area contributed by atoms with Gasteiger partial charge >= 0.3 is 0 Å². The van der Waals surface area contributed by atoms with Crippen LogP contribution in [0.2, 0.25) is 0 Å². The van der Waals surface area contributed by atoms with E-state index in [1.54, 1.807) is 6.07 Å². The van der Waals surface area contributed by atoms with Crippen molar-refractivity contribution >= 4 is 0 Å². The molecule has 2 nitrogen and oxygen atoms in total. The zero-order valence-corrected chi connectivity index (χ0v) is 10.5. The van der Waals surface area contributed by atoms with Crippen LogP contribution in [0.3, 0.4) is 0 Å². The van der Waals surface area contributed by atoms with Crippen LogP contribution in [0.15, 0.2) is 12.1 Å². The Morgan fingerprint density at radius 2 is 2.18 bits per heavy atom. The van der Waals surface area contributed by atoms with Crippen LogP contribution in [0.4, 0.5) is 4.39 Å². The molecule has 1 heterocycles. The first-order valence-electron chi connectivity index (χ1n) is 6.26. The number of benzene rings is 1. The Bertz CT molecular complexity index is 403. The average molecular weight is 237 g/mol. The summed E-state index contributed by atoms with van der Waals surface area (Å²) in [6.45, 7) is 6.60. The van der Waals surface area contributed by atoms with Crippen molar-refractivity contribution in [2.75, 3.05) is 19.7 Å². The molecule has 0 amide bonds. The van der Waals surface area contributed by atoms with Crippen LogP contribution >= 0.6 is 0 Å². The fraction of sp³-hybridized carbons (Fsp3) is 0.571. The number of rotatable bonds is 3. The van der Waals surface area contributed by atoms with Gasteiger partial charge < -0.3 is 5.11 Å². The van der Waals surface area contributed by atoms with Gasteiger partial charge in [-0.3, -0.25) is 4.90 Å². The number of fused-ring (bicyclic) bond motifs is 1. The Morgan fingerprint density at radius 1 is 1.41 bits per heavy atom. The highest BCUT2D eigenvalue weighted by Gasteiger charge is 2.20. The van der Waals surface area contributed by atoms with Crippen molar-refractivity contribution in [3.05, 3.63) is 34.6 Å². The first-order chi connectivity index (χ1) is 8.11. The predicted molar refractivity (Wildman–Crippen MR) is 66.6 cm³/mol. The third-order valence-electron chi connectivity index (χ3n) is 3.47. The minimum atomic E-state index is -0.0603. The Kier molecular flexibility index (Phi) is 3.79. The lowest BCUT2D eigenvalue weighted by atomic mass is 9.93. The maximum absolute atomic E-state index is 13.9. The summed E-state index contributed by atoms with van der Waals surface area (Å²) in [5, 5.41) is 8.95. The number of aliphatic hydroxyl groups excluding tert-OH is 1. The molecule has 0 unspecified atom stereocenters. The standard InChI is InChI=1S/C14H20FNO/c1-10(2)11-7-12-9-16(5-6-17)4-3-13(12)14(15)8-11/h7-8,10,17H,3-6,9H2,1-2H3. The third-order valence-corrected chi connectivity index (χ3v) is 3.47. The zero-order chi connectivity index (χ0) is 12.4. The summed E-state index contributed by atoms with van der Waals surface area (Å²) >= 11 is 0. The van der Waals surface area contributed by atoms with Crippen molar-refractivity contribution in [2.24, 2.45) is 0 Å². The van der Waals surface area contributed by atoms with Gasteiger partial charge in [0.05, 0.1) is 6.61 Å². The van der Waals surface area contributed by atoms with E-state index in [9.17, 15) is 4.39 Å². The number of β-amino-alcohol motifs (C(OH)–C–C–N with tert-alkyl or cyclic N) is 1. The molecule has 0 atom stereocenters. The lowest BCUT2D eigenvalue weighted by Gasteiger charge is -2.29. The van der Waals surface area contributed by atoms with Gasteiger partial charge in [0.15, 0.2) is 0 Å². The molecule has 0 fully saturated rings. The van der Waals surface area contributed by atoms with Crippen molar-refractivity contribution in [1.29, 1.82) is 0 Å². The second kappa shape index (κ2) is 5.15. The second-order valence-corrected chi connectivity index (χ2v) is 5.04. The van der Waals surface area contributed by atoms with Gasteiger partial charge in [0, 0.05) is 19.6 Å². The molecule has 0 bridgehead atoms. The normalized spacial score (nSPS) is 16.3. The Hall–Kier alpha value is -0.930. The Labute approximate surface area is 102 Å². The minimum absolute atomic E-state index is 0.0603. The van der Waals surface area contributed by atoms with Crippen molar-refractivity contribution in [3.8, 4) is 0 Å². The summed E-state index contributed by atoms with van der Waals surface area (Å²) in [6, 6.07) is 3.79.